The summed E-state index contributed by atoms with van der Waals surface area (Å²) in [5, 5.41) is 8.52. The lowest BCUT2D eigenvalue weighted by atomic mass is 9.97. The van der Waals surface area contributed by atoms with Crippen molar-refractivity contribution in [2.75, 3.05) is 37.7 Å². The number of nitrogen functional groups attached to an aromatic ring is 1. The lowest BCUT2D eigenvalue weighted by Crippen LogP contribution is -2.29. The fraction of sp³-hybridized carbons (Fsp3) is 0.303. The minimum absolute atomic E-state index is 0.0221. The predicted molar refractivity (Wildman–Crippen MR) is 171 cm³/mol. The first-order valence-electron chi connectivity index (χ1n) is 14.1. The van der Waals surface area contributed by atoms with Crippen molar-refractivity contribution in [1.29, 1.82) is 0 Å². The molecular weight excluding hydrogens is 526 g/mol. The largest absolute Gasteiger partial charge is 0.381 e. The van der Waals surface area contributed by atoms with Gasteiger partial charge in [0, 0.05) is 36.5 Å². The summed E-state index contributed by atoms with van der Waals surface area (Å²) in [5.74, 6) is 7.25. The molecule has 0 radical (unpaired) electrons. The monoisotopic (exact) mass is 565 g/mol. The number of primary amides is 1. The SMILES string of the molecule is C=CCNc1c(C(N)=O)c(N)nn1C.CCc1cc2cccc(C#CC3CCN(C)CC3)c2c(=O)n1-c1ccccc1. The first-order chi connectivity index (χ1) is 20.2. The van der Waals surface area contributed by atoms with E-state index in [2.05, 4.69) is 53.8 Å². The molecule has 0 atom stereocenters. The van der Waals surface area contributed by atoms with Gasteiger partial charge in [-0.25, -0.2) is 0 Å². The molecule has 1 aliphatic heterocycles. The molecule has 218 valence electrons. The molecule has 3 heterocycles. The molecule has 0 unspecified atom stereocenters. The van der Waals surface area contributed by atoms with Crippen molar-refractivity contribution in [3.63, 3.8) is 0 Å². The molecule has 2 aromatic carbocycles. The third-order valence-corrected chi connectivity index (χ3v) is 7.36. The molecule has 1 fully saturated rings. The van der Waals surface area contributed by atoms with E-state index in [0.29, 0.717) is 18.3 Å². The second kappa shape index (κ2) is 13.7. The summed E-state index contributed by atoms with van der Waals surface area (Å²) in [4.78, 5) is 26.9. The van der Waals surface area contributed by atoms with Gasteiger partial charge < -0.3 is 21.7 Å². The second-order valence-corrected chi connectivity index (χ2v) is 10.3. The highest BCUT2D eigenvalue weighted by Crippen LogP contribution is 2.21. The van der Waals surface area contributed by atoms with E-state index in [-0.39, 0.29) is 16.9 Å². The van der Waals surface area contributed by atoms with Crippen LogP contribution in [0, 0.1) is 17.8 Å². The minimum Gasteiger partial charge on any atom is -0.381 e. The number of aryl methyl sites for hydroxylation is 2. The zero-order valence-electron chi connectivity index (χ0n) is 24.6. The van der Waals surface area contributed by atoms with Crippen LogP contribution < -0.4 is 22.3 Å². The number of piperidine rings is 1. The molecule has 0 bridgehead atoms. The van der Waals surface area contributed by atoms with Gasteiger partial charge in [0.05, 0.1) is 5.39 Å². The van der Waals surface area contributed by atoms with Crippen molar-refractivity contribution in [1.82, 2.24) is 19.2 Å². The number of carbonyl (C=O) groups is 1. The number of amides is 1. The molecule has 0 aliphatic carbocycles. The molecule has 2 aromatic heterocycles. The van der Waals surface area contributed by atoms with Crippen molar-refractivity contribution < 1.29 is 4.79 Å². The summed E-state index contributed by atoms with van der Waals surface area (Å²) < 4.78 is 3.31. The first-order valence-corrected chi connectivity index (χ1v) is 14.1. The Morgan fingerprint density at radius 1 is 1.14 bits per heavy atom. The van der Waals surface area contributed by atoms with Crippen LogP contribution in [0.4, 0.5) is 11.6 Å². The number of aromatic nitrogens is 3. The van der Waals surface area contributed by atoms with Gasteiger partial charge in [-0.1, -0.05) is 55.2 Å². The van der Waals surface area contributed by atoms with Crippen molar-refractivity contribution in [3.8, 4) is 17.5 Å². The number of nitrogens with zero attached hydrogens (tertiary/aromatic N) is 4. The number of likely N-dealkylation sites (tertiary alicyclic amines) is 1. The van der Waals surface area contributed by atoms with Gasteiger partial charge in [0.2, 0.25) is 0 Å². The van der Waals surface area contributed by atoms with Crippen LogP contribution in [0.1, 0.15) is 41.4 Å². The van der Waals surface area contributed by atoms with Gasteiger partial charge in [0.1, 0.15) is 11.4 Å². The summed E-state index contributed by atoms with van der Waals surface area (Å²) in [6.07, 6.45) is 4.66. The van der Waals surface area contributed by atoms with Crippen LogP contribution in [0.5, 0.6) is 0 Å². The molecule has 1 aliphatic rings. The Morgan fingerprint density at radius 3 is 2.50 bits per heavy atom. The standard InChI is InChI=1S/C25H26N2O.C8H13N5O/c1-3-22-18-21-9-7-8-20(13-12-19-14-16-26(2)17-15-19)24(21)25(28)27(22)23-10-5-4-6-11-23;1-3-4-11-8-5(7(10)14)6(9)12-13(8)2/h4-11,18-19H,3,14-17H2,1-2H3;3,11H,1,4H2,2H3,(H2,9,12)(H2,10,14). The zero-order valence-corrected chi connectivity index (χ0v) is 24.6. The number of hydrogen-bond donors (Lipinski definition) is 3. The lowest BCUT2D eigenvalue weighted by molar-refractivity contribution is 0.100. The predicted octanol–water partition coefficient (Wildman–Crippen LogP) is 3.95. The highest BCUT2D eigenvalue weighted by Gasteiger charge is 2.18. The number of anilines is 2. The van der Waals surface area contributed by atoms with E-state index >= 15 is 0 Å². The molecule has 9 heteroatoms. The van der Waals surface area contributed by atoms with Gasteiger partial charge in [0.25, 0.3) is 11.5 Å². The number of carbonyl (C=O) groups excluding carboxylic acids is 1. The quantitative estimate of drug-likeness (QED) is 0.240. The number of hydrogen-bond acceptors (Lipinski definition) is 6. The van der Waals surface area contributed by atoms with Crippen LogP contribution in [0.15, 0.2) is 72.0 Å². The minimum atomic E-state index is -0.595. The number of pyridine rings is 1. The second-order valence-electron chi connectivity index (χ2n) is 10.3. The van der Waals surface area contributed by atoms with Crippen LogP contribution in [-0.2, 0) is 13.5 Å². The van der Waals surface area contributed by atoms with Gasteiger partial charge in [-0.15, -0.1) is 6.58 Å². The van der Waals surface area contributed by atoms with E-state index in [9.17, 15) is 9.59 Å². The number of fused-ring (bicyclic) bond motifs is 1. The van der Waals surface area contributed by atoms with Gasteiger partial charge in [-0.3, -0.25) is 18.8 Å². The Labute approximate surface area is 246 Å². The van der Waals surface area contributed by atoms with E-state index in [1.165, 1.54) is 4.68 Å². The van der Waals surface area contributed by atoms with E-state index in [1.807, 2.05) is 53.1 Å². The van der Waals surface area contributed by atoms with Gasteiger partial charge >= 0.3 is 0 Å². The van der Waals surface area contributed by atoms with Crippen LogP contribution in [-0.4, -0.2) is 51.8 Å². The molecule has 4 aromatic rings. The summed E-state index contributed by atoms with van der Waals surface area (Å²) in [6, 6.07) is 18.0. The third kappa shape index (κ3) is 6.73. The highest BCUT2D eigenvalue weighted by atomic mass is 16.1. The fourth-order valence-corrected chi connectivity index (χ4v) is 5.13. The Morgan fingerprint density at radius 2 is 1.86 bits per heavy atom. The van der Waals surface area contributed by atoms with Crippen molar-refractivity contribution >= 4 is 28.3 Å². The van der Waals surface area contributed by atoms with E-state index in [0.717, 1.165) is 60.1 Å². The molecule has 1 saturated heterocycles. The molecule has 0 saturated carbocycles. The summed E-state index contributed by atoms with van der Waals surface area (Å²) in [5.41, 5.74) is 13.7. The average Bonchev–Trinajstić information content (AvgIpc) is 3.28. The van der Waals surface area contributed by atoms with Crippen LogP contribution in [0.2, 0.25) is 0 Å². The van der Waals surface area contributed by atoms with Gasteiger partial charge in [-0.05, 0) is 69.1 Å². The number of para-hydroxylation sites is 1. The topological polar surface area (TPSA) is 124 Å². The molecule has 1 amide bonds. The van der Waals surface area contributed by atoms with Crippen molar-refractivity contribution in [2.24, 2.45) is 18.7 Å². The first kappa shape index (κ1) is 30.2. The Bertz CT molecular complexity index is 1680. The Hall–Kier alpha value is -4.81. The average molecular weight is 566 g/mol. The lowest BCUT2D eigenvalue weighted by Gasteiger charge is -2.25. The zero-order chi connectivity index (χ0) is 30.2. The van der Waals surface area contributed by atoms with Gasteiger partial charge in [0.15, 0.2) is 5.82 Å². The maximum atomic E-state index is 13.5. The normalized spacial score (nSPS) is 13.5. The smallest absolute Gasteiger partial charge is 0.264 e. The van der Waals surface area contributed by atoms with Crippen LogP contribution in [0.3, 0.4) is 0 Å². The maximum Gasteiger partial charge on any atom is 0.264 e. The molecule has 42 heavy (non-hydrogen) atoms. The fourth-order valence-electron chi connectivity index (χ4n) is 5.13. The number of rotatable bonds is 6. The number of nitrogens with two attached hydrogens (primary N) is 2. The Balaban J connectivity index is 0.000000244. The van der Waals surface area contributed by atoms with Crippen LogP contribution >= 0.6 is 0 Å². The van der Waals surface area contributed by atoms with Crippen molar-refractivity contribution in [3.05, 3.63) is 94.4 Å². The molecular formula is C33H39N7O2. The molecule has 9 nitrogen and oxygen atoms in total. The van der Waals surface area contributed by atoms with Crippen molar-refractivity contribution in [2.45, 2.75) is 26.2 Å². The summed E-state index contributed by atoms with van der Waals surface area (Å²) in [6.45, 7) is 8.33. The molecule has 5 N–H and O–H groups in total. The summed E-state index contributed by atoms with van der Waals surface area (Å²) >= 11 is 0. The third-order valence-electron chi connectivity index (χ3n) is 7.36. The van der Waals surface area contributed by atoms with E-state index < -0.39 is 5.91 Å². The Kier molecular flexibility index (Phi) is 9.84. The molecule has 5 rings (SSSR count). The van der Waals surface area contributed by atoms with Crippen LogP contribution in [0.25, 0.3) is 16.5 Å². The maximum absolute atomic E-state index is 13.5. The van der Waals surface area contributed by atoms with E-state index in [4.69, 9.17) is 11.5 Å². The van der Waals surface area contributed by atoms with Gasteiger partial charge in [-0.2, -0.15) is 5.10 Å². The van der Waals surface area contributed by atoms with E-state index in [1.54, 1.807) is 13.1 Å². The highest BCUT2D eigenvalue weighted by molar-refractivity contribution is 6.02. The summed E-state index contributed by atoms with van der Waals surface area (Å²) in [7, 11) is 3.83. The number of benzene rings is 2. The number of nitrogens with one attached hydrogen (secondary N) is 1. The molecule has 0 spiro atoms.